The Morgan fingerprint density at radius 2 is 1.30 bits per heavy atom. The first-order valence-corrected chi connectivity index (χ1v) is 7.96. The van der Waals surface area contributed by atoms with Crippen LogP contribution in [-0.2, 0) is 0 Å². The van der Waals surface area contributed by atoms with Gasteiger partial charge in [-0.15, -0.1) is 0 Å². The predicted molar refractivity (Wildman–Crippen MR) is 90.9 cm³/mol. The molecule has 2 aromatic rings. The summed E-state index contributed by atoms with van der Waals surface area (Å²) in [7, 11) is 0. The predicted octanol–water partition coefficient (Wildman–Crippen LogP) is 3.66. The summed E-state index contributed by atoms with van der Waals surface area (Å²) in [6.45, 7) is 2.70. The van der Waals surface area contributed by atoms with Gasteiger partial charge in [0.2, 0.25) is 0 Å². The molecule has 2 aromatic carbocycles. The summed E-state index contributed by atoms with van der Waals surface area (Å²) in [4.78, 5) is 25.3. The highest BCUT2D eigenvalue weighted by Gasteiger charge is 2.23. The number of carbonyl (C=O) groups excluding carboxylic acids is 2. The van der Waals surface area contributed by atoms with E-state index in [-0.39, 0.29) is 11.8 Å². The molecule has 0 atom stereocenters. The molecular weight excluding hydrogens is 288 g/mol. The van der Waals surface area contributed by atoms with Crippen molar-refractivity contribution in [2.24, 2.45) is 0 Å². The van der Waals surface area contributed by atoms with Gasteiger partial charge in [-0.1, -0.05) is 56.2 Å². The van der Waals surface area contributed by atoms with Crippen LogP contribution in [0.3, 0.4) is 0 Å². The number of imide groups is 1. The van der Waals surface area contributed by atoms with Crippen molar-refractivity contribution in [1.29, 1.82) is 0 Å². The van der Waals surface area contributed by atoms with Crippen molar-refractivity contribution in [3.8, 4) is 0 Å². The molecular formula is C19H22N2O2. The number of carbonyl (C=O) groups is 2. The zero-order valence-electron chi connectivity index (χ0n) is 13.4. The highest BCUT2D eigenvalue weighted by molar-refractivity contribution is 6.09. The minimum Gasteiger partial charge on any atom is -0.267 e. The number of amides is 2. The Kier molecular flexibility index (Phi) is 6.51. The van der Waals surface area contributed by atoms with E-state index >= 15 is 0 Å². The summed E-state index contributed by atoms with van der Waals surface area (Å²) in [5.74, 6) is -0.674. The number of rotatable bonds is 7. The Morgan fingerprint density at radius 3 is 1.74 bits per heavy atom. The number of benzene rings is 2. The second-order valence-electron chi connectivity index (χ2n) is 5.29. The van der Waals surface area contributed by atoms with E-state index in [4.69, 9.17) is 0 Å². The molecule has 0 radical (unpaired) electrons. The van der Waals surface area contributed by atoms with Crippen molar-refractivity contribution in [3.63, 3.8) is 0 Å². The molecule has 2 amide bonds. The fourth-order valence-corrected chi connectivity index (χ4v) is 2.22. The first-order valence-electron chi connectivity index (χ1n) is 7.96. The normalized spacial score (nSPS) is 10.3. The van der Waals surface area contributed by atoms with E-state index in [0.717, 1.165) is 24.3 Å². The van der Waals surface area contributed by atoms with Crippen LogP contribution in [0.4, 0.5) is 0 Å². The Balaban J connectivity index is 2.17. The van der Waals surface area contributed by atoms with Crippen LogP contribution < -0.4 is 5.43 Å². The lowest BCUT2D eigenvalue weighted by atomic mass is 10.1. The molecule has 4 heteroatoms. The maximum atomic E-state index is 12.7. The molecule has 0 heterocycles. The molecule has 120 valence electrons. The number of hydrazine groups is 1. The lowest BCUT2D eigenvalue weighted by Crippen LogP contribution is -2.47. The first kappa shape index (κ1) is 16.9. The molecule has 2 rings (SSSR count). The van der Waals surface area contributed by atoms with Gasteiger partial charge in [0, 0.05) is 17.7 Å². The Morgan fingerprint density at radius 1 is 0.826 bits per heavy atom. The Bertz CT molecular complexity index is 575. The van der Waals surface area contributed by atoms with Gasteiger partial charge in [0.05, 0.1) is 0 Å². The average Bonchev–Trinajstić information content (AvgIpc) is 2.62. The maximum absolute atomic E-state index is 12.7. The fourth-order valence-electron chi connectivity index (χ4n) is 2.22. The molecule has 0 aliphatic heterocycles. The average molecular weight is 310 g/mol. The third-order valence-electron chi connectivity index (χ3n) is 3.50. The summed E-state index contributed by atoms with van der Waals surface area (Å²) in [5.41, 5.74) is 3.96. The molecule has 23 heavy (non-hydrogen) atoms. The van der Waals surface area contributed by atoms with Gasteiger partial charge in [0.15, 0.2) is 0 Å². The van der Waals surface area contributed by atoms with Crippen LogP contribution in [0.5, 0.6) is 0 Å². The maximum Gasteiger partial charge on any atom is 0.275 e. The van der Waals surface area contributed by atoms with Gasteiger partial charge in [-0.25, -0.2) is 10.4 Å². The van der Waals surface area contributed by atoms with Gasteiger partial charge in [-0.3, -0.25) is 9.59 Å². The summed E-state index contributed by atoms with van der Waals surface area (Å²) in [6.07, 6.45) is 3.05. The molecule has 0 saturated carbocycles. The standard InChI is InChI=1S/C19H22N2O2/c1-2-3-10-15-20-21(18(22)16-11-6-4-7-12-16)19(23)17-13-8-5-9-14-17/h4-9,11-14,20H,2-3,10,15H2,1H3. The van der Waals surface area contributed by atoms with E-state index < -0.39 is 0 Å². The van der Waals surface area contributed by atoms with Gasteiger partial charge < -0.3 is 0 Å². The molecule has 0 fully saturated rings. The molecule has 0 aromatic heterocycles. The lowest BCUT2D eigenvalue weighted by molar-refractivity contribution is 0.0526. The van der Waals surface area contributed by atoms with Crippen LogP contribution in [0.15, 0.2) is 60.7 Å². The van der Waals surface area contributed by atoms with Crippen LogP contribution in [0, 0.1) is 0 Å². The number of nitrogens with one attached hydrogen (secondary N) is 1. The highest BCUT2D eigenvalue weighted by atomic mass is 16.2. The van der Waals surface area contributed by atoms with Crippen molar-refractivity contribution in [1.82, 2.24) is 10.4 Å². The Hall–Kier alpha value is -2.46. The van der Waals surface area contributed by atoms with Crippen LogP contribution in [0.25, 0.3) is 0 Å². The summed E-state index contributed by atoms with van der Waals surface area (Å²) < 4.78 is 0. The zero-order chi connectivity index (χ0) is 16.5. The van der Waals surface area contributed by atoms with Crippen molar-refractivity contribution < 1.29 is 9.59 Å². The molecule has 0 unspecified atom stereocenters. The number of hydrogen-bond donors (Lipinski definition) is 1. The lowest BCUT2D eigenvalue weighted by Gasteiger charge is -2.22. The van der Waals surface area contributed by atoms with Gasteiger partial charge in [-0.05, 0) is 30.7 Å². The van der Waals surface area contributed by atoms with Gasteiger partial charge in [-0.2, -0.15) is 0 Å². The Labute approximate surface area is 137 Å². The quantitative estimate of drug-likeness (QED) is 0.482. The molecule has 4 nitrogen and oxygen atoms in total. The zero-order valence-corrected chi connectivity index (χ0v) is 13.4. The smallest absolute Gasteiger partial charge is 0.267 e. The monoisotopic (exact) mass is 310 g/mol. The number of unbranched alkanes of at least 4 members (excludes halogenated alkanes) is 2. The fraction of sp³-hybridized carbons (Fsp3) is 0.263. The van der Waals surface area contributed by atoms with E-state index in [1.54, 1.807) is 48.5 Å². The van der Waals surface area contributed by atoms with E-state index in [0.29, 0.717) is 17.7 Å². The molecule has 0 spiro atoms. The SMILES string of the molecule is CCCCCNN(C(=O)c1ccccc1)C(=O)c1ccccc1. The van der Waals surface area contributed by atoms with Gasteiger partial charge in [0.1, 0.15) is 0 Å². The minimum absolute atomic E-state index is 0.337. The van der Waals surface area contributed by atoms with Crippen LogP contribution in [0.1, 0.15) is 46.9 Å². The summed E-state index contributed by atoms with van der Waals surface area (Å²) >= 11 is 0. The van der Waals surface area contributed by atoms with E-state index in [1.807, 2.05) is 12.1 Å². The number of hydrogen-bond acceptors (Lipinski definition) is 3. The number of nitrogens with zero attached hydrogens (tertiary/aromatic N) is 1. The second kappa shape index (κ2) is 8.86. The van der Waals surface area contributed by atoms with Crippen LogP contribution in [0.2, 0.25) is 0 Å². The molecule has 1 N–H and O–H groups in total. The molecule has 0 saturated heterocycles. The highest BCUT2D eigenvalue weighted by Crippen LogP contribution is 2.09. The second-order valence-corrected chi connectivity index (χ2v) is 5.29. The van der Waals surface area contributed by atoms with Crippen LogP contribution in [-0.4, -0.2) is 23.4 Å². The molecule has 0 aliphatic rings. The third-order valence-corrected chi connectivity index (χ3v) is 3.50. The molecule has 0 aliphatic carbocycles. The minimum atomic E-state index is -0.337. The van der Waals surface area contributed by atoms with Crippen molar-refractivity contribution in [2.75, 3.05) is 6.54 Å². The van der Waals surface area contributed by atoms with Crippen LogP contribution >= 0.6 is 0 Å². The van der Waals surface area contributed by atoms with Crippen molar-refractivity contribution in [2.45, 2.75) is 26.2 Å². The third kappa shape index (κ3) is 4.76. The van der Waals surface area contributed by atoms with E-state index in [1.165, 1.54) is 0 Å². The topological polar surface area (TPSA) is 49.4 Å². The molecule has 0 bridgehead atoms. The van der Waals surface area contributed by atoms with E-state index in [9.17, 15) is 9.59 Å². The van der Waals surface area contributed by atoms with Crippen molar-refractivity contribution in [3.05, 3.63) is 71.8 Å². The van der Waals surface area contributed by atoms with Gasteiger partial charge >= 0.3 is 0 Å². The van der Waals surface area contributed by atoms with Gasteiger partial charge in [0.25, 0.3) is 11.8 Å². The van der Waals surface area contributed by atoms with Crippen molar-refractivity contribution >= 4 is 11.8 Å². The largest absolute Gasteiger partial charge is 0.275 e. The summed E-state index contributed by atoms with van der Waals surface area (Å²) in [6, 6.07) is 17.7. The van der Waals surface area contributed by atoms with E-state index in [2.05, 4.69) is 12.3 Å². The first-order chi connectivity index (χ1) is 11.2. The summed E-state index contributed by atoms with van der Waals surface area (Å²) in [5, 5.41) is 1.13.